The molecule has 2 aromatic rings. The molecule has 0 aromatic carbocycles. The first-order chi connectivity index (χ1) is 8.34. The van der Waals surface area contributed by atoms with Crippen LogP contribution in [0.2, 0.25) is 5.15 Å². The molecule has 1 aliphatic heterocycles. The number of piperidine rings is 1. The fourth-order valence-corrected chi connectivity index (χ4v) is 2.65. The van der Waals surface area contributed by atoms with Crippen molar-refractivity contribution in [2.24, 2.45) is 5.92 Å². The highest BCUT2D eigenvalue weighted by atomic mass is 35.5. The van der Waals surface area contributed by atoms with E-state index in [1.807, 2.05) is 6.07 Å². The van der Waals surface area contributed by atoms with Gasteiger partial charge >= 0.3 is 0 Å². The van der Waals surface area contributed by atoms with Crippen LogP contribution in [-0.4, -0.2) is 27.6 Å². The average molecular weight is 251 g/mol. The van der Waals surface area contributed by atoms with Crippen LogP contribution in [0.25, 0.3) is 11.0 Å². The molecule has 1 fully saturated rings. The first-order valence-electron chi connectivity index (χ1n) is 6.00. The van der Waals surface area contributed by atoms with Crippen molar-refractivity contribution in [2.45, 2.75) is 19.4 Å². The minimum atomic E-state index is 0.541. The van der Waals surface area contributed by atoms with Gasteiger partial charge in [0.05, 0.1) is 5.39 Å². The second kappa shape index (κ2) is 4.63. The van der Waals surface area contributed by atoms with Crippen LogP contribution in [0.3, 0.4) is 0 Å². The molecule has 2 aromatic heterocycles. The lowest BCUT2D eigenvalue weighted by Gasteiger charge is -2.23. The minimum Gasteiger partial charge on any atom is -0.332 e. The van der Waals surface area contributed by atoms with Gasteiger partial charge in [-0.25, -0.2) is 9.97 Å². The molecule has 0 unspecified atom stereocenters. The molecule has 0 aliphatic carbocycles. The molecule has 0 radical (unpaired) electrons. The van der Waals surface area contributed by atoms with Crippen molar-refractivity contribution in [2.75, 3.05) is 13.1 Å². The highest BCUT2D eigenvalue weighted by Gasteiger charge is 2.15. The van der Waals surface area contributed by atoms with Crippen LogP contribution >= 0.6 is 11.6 Å². The molecule has 0 saturated carbocycles. The van der Waals surface area contributed by atoms with E-state index in [1.165, 1.54) is 19.2 Å². The Balaban J connectivity index is 1.87. The van der Waals surface area contributed by atoms with Gasteiger partial charge in [0.1, 0.15) is 17.1 Å². The maximum Gasteiger partial charge on any atom is 0.144 e. The monoisotopic (exact) mass is 250 g/mol. The van der Waals surface area contributed by atoms with Crippen LogP contribution in [0, 0.1) is 5.92 Å². The van der Waals surface area contributed by atoms with Crippen molar-refractivity contribution in [3.63, 3.8) is 0 Å². The van der Waals surface area contributed by atoms with Crippen LogP contribution < -0.4 is 5.32 Å². The number of halogens is 1. The summed E-state index contributed by atoms with van der Waals surface area (Å²) in [5.41, 5.74) is 0.948. The summed E-state index contributed by atoms with van der Waals surface area (Å²) in [6.07, 6.45) is 6.06. The van der Waals surface area contributed by atoms with Crippen molar-refractivity contribution in [3.8, 4) is 0 Å². The molecule has 1 saturated heterocycles. The Bertz CT molecular complexity index is 516. The quantitative estimate of drug-likeness (QED) is 0.830. The molecule has 17 heavy (non-hydrogen) atoms. The van der Waals surface area contributed by atoms with E-state index in [2.05, 4.69) is 26.0 Å². The van der Waals surface area contributed by atoms with E-state index in [0.29, 0.717) is 5.15 Å². The summed E-state index contributed by atoms with van der Waals surface area (Å²) < 4.78 is 2.19. The third-order valence-corrected chi connectivity index (χ3v) is 3.72. The van der Waals surface area contributed by atoms with Crippen LogP contribution in [0.15, 0.2) is 18.6 Å². The van der Waals surface area contributed by atoms with E-state index in [0.717, 1.165) is 36.6 Å². The van der Waals surface area contributed by atoms with Gasteiger partial charge in [0.15, 0.2) is 0 Å². The van der Waals surface area contributed by atoms with Crippen molar-refractivity contribution in [3.05, 3.63) is 23.7 Å². The lowest BCUT2D eigenvalue weighted by atomic mass is 9.98. The molecule has 3 rings (SSSR count). The maximum absolute atomic E-state index is 6.04. The highest BCUT2D eigenvalue weighted by molar-refractivity contribution is 6.33. The van der Waals surface area contributed by atoms with Gasteiger partial charge in [-0.2, -0.15) is 0 Å². The largest absolute Gasteiger partial charge is 0.332 e. The SMILES string of the molecule is Clc1ncnc2c1ccn2CC1CCNCC1. The zero-order valence-electron chi connectivity index (χ0n) is 9.56. The number of fused-ring (bicyclic) bond motifs is 1. The van der Waals surface area contributed by atoms with E-state index >= 15 is 0 Å². The molecular weight excluding hydrogens is 236 g/mol. The molecule has 4 nitrogen and oxygen atoms in total. The normalized spacial score (nSPS) is 17.7. The van der Waals surface area contributed by atoms with E-state index < -0.39 is 0 Å². The van der Waals surface area contributed by atoms with E-state index in [9.17, 15) is 0 Å². The fraction of sp³-hybridized carbons (Fsp3) is 0.500. The predicted octanol–water partition coefficient (Wildman–Crippen LogP) is 2.08. The number of hydrogen-bond acceptors (Lipinski definition) is 3. The lowest BCUT2D eigenvalue weighted by Crippen LogP contribution is -2.29. The molecule has 0 bridgehead atoms. The topological polar surface area (TPSA) is 42.7 Å². The summed E-state index contributed by atoms with van der Waals surface area (Å²) in [6, 6.07) is 2.00. The smallest absolute Gasteiger partial charge is 0.144 e. The minimum absolute atomic E-state index is 0.541. The van der Waals surface area contributed by atoms with Crippen molar-refractivity contribution in [1.82, 2.24) is 19.9 Å². The van der Waals surface area contributed by atoms with Gasteiger partial charge in [-0.1, -0.05) is 11.6 Å². The van der Waals surface area contributed by atoms with Crippen LogP contribution in [0.1, 0.15) is 12.8 Å². The summed E-state index contributed by atoms with van der Waals surface area (Å²) in [6.45, 7) is 3.28. The molecule has 0 atom stereocenters. The number of hydrogen-bond donors (Lipinski definition) is 1. The molecular formula is C12H15ClN4. The summed E-state index contributed by atoms with van der Waals surface area (Å²) in [7, 11) is 0. The first-order valence-corrected chi connectivity index (χ1v) is 6.38. The second-order valence-electron chi connectivity index (χ2n) is 4.56. The third-order valence-electron chi connectivity index (χ3n) is 3.42. The third kappa shape index (κ3) is 2.15. The molecule has 0 spiro atoms. The van der Waals surface area contributed by atoms with Gasteiger partial charge in [-0.05, 0) is 37.9 Å². The summed E-state index contributed by atoms with van der Waals surface area (Å²) >= 11 is 6.04. The molecule has 90 valence electrons. The summed E-state index contributed by atoms with van der Waals surface area (Å²) in [5, 5.41) is 4.87. The highest BCUT2D eigenvalue weighted by Crippen LogP contribution is 2.22. The lowest BCUT2D eigenvalue weighted by molar-refractivity contribution is 0.336. The van der Waals surface area contributed by atoms with Gasteiger partial charge in [0, 0.05) is 12.7 Å². The van der Waals surface area contributed by atoms with Gasteiger partial charge in [-0.3, -0.25) is 0 Å². The second-order valence-corrected chi connectivity index (χ2v) is 4.92. The molecule has 5 heteroatoms. The zero-order chi connectivity index (χ0) is 11.7. The van der Waals surface area contributed by atoms with Gasteiger partial charge in [0.2, 0.25) is 0 Å². The fourth-order valence-electron chi connectivity index (χ4n) is 2.46. The first kappa shape index (κ1) is 11.0. The number of nitrogens with one attached hydrogen (secondary N) is 1. The van der Waals surface area contributed by atoms with Crippen molar-refractivity contribution < 1.29 is 0 Å². The molecule has 1 N–H and O–H groups in total. The summed E-state index contributed by atoms with van der Waals surface area (Å²) in [4.78, 5) is 8.32. The van der Waals surface area contributed by atoms with Crippen LogP contribution in [0.4, 0.5) is 0 Å². The van der Waals surface area contributed by atoms with E-state index in [4.69, 9.17) is 11.6 Å². The van der Waals surface area contributed by atoms with Crippen molar-refractivity contribution in [1.29, 1.82) is 0 Å². The number of nitrogens with zero attached hydrogens (tertiary/aromatic N) is 3. The Morgan fingerprint density at radius 2 is 2.18 bits per heavy atom. The molecule has 1 aliphatic rings. The average Bonchev–Trinajstić information content (AvgIpc) is 2.76. The molecule has 3 heterocycles. The number of aromatic nitrogens is 3. The van der Waals surface area contributed by atoms with Gasteiger partial charge in [0.25, 0.3) is 0 Å². The Labute approximate surface area is 105 Å². The van der Waals surface area contributed by atoms with Crippen LogP contribution in [-0.2, 0) is 6.54 Å². The maximum atomic E-state index is 6.04. The Hall–Kier alpha value is -1.13. The van der Waals surface area contributed by atoms with E-state index in [1.54, 1.807) is 0 Å². The van der Waals surface area contributed by atoms with Gasteiger partial charge < -0.3 is 9.88 Å². The number of rotatable bonds is 2. The Kier molecular flexibility index (Phi) is 2.99. The predicted molar refractivity (Wildman–Crippen MR) is 68.1 cm³/mol. The zero-order valence-corrected chi connectivity index (χ0v) is 10.3. The Morgan fingerprint density at radius 3 is 3.00 bits per heavy atom. The standard InChI is InChI=1S/C12H15ClN4/c13-11-10-3-6-17(12(10)16-8-15-11)7-9-1-4-14-5-2-9/h3,6,8-9,14H,1-2,4-5,7H2. The van der Waals surface area contributed by atoms with E-state index in [-0.39, 0.29) is 0 Å². The molecule has 0 amide bonds. The Morgan fingerprint density at radius 1 is 1.35 bits per heavy atom. The van der Waals surface area contributed by atoms with Crippen LogP contribution in [0.5, 0.6) is 0 Å². The van der Waals surface area contributed by atoms with Crippen molar-refractivity contribution >= 4 is 22.6 Å². The summed E-state index contributed by atoms with van der Waals surface area (Å²) in [5.74, 6) is 0.737. The van der Waals surface area contributed by atoms with Gasteiger partial charge in [-0.15, -0.1) is 0 Å².